The highest BCUT2D eigenvalue weighted by atomic mass is 35.5. The summed E-state index contributed by atoms with van der Waals surface area (Å²) in [7, 11) is 0. The van der Waals surface area contributed by atoms with Crippen LogP contribution < -0.4 is 5.73 Å². The zero-order valence-electron chi connectivity index (χ0n) is 8.96. The van der Waals surface area contributed by atoms with Gasteiger partial charge in [-0.15, -0.1) is 24.8 Å². The van der Waals surface area contributed by atoms with Crippen molar-refractivity contribution in [1.82, 2.24) is 4.98 Å². The molecule has 6 heteroatoms. The molecule has 92 valence electrons. The van der Waals surface area contributed by atoms with Gasteiger partial charge < -0.3 is 10.5 Å². The Hall–Kier alpha value is -0.840. The SMILES string of the molecule is CCOC(=O)C[C@@H](N)c1cccnc1.Cl.Cl. The third-order valence-corrected chi connectivity index (χ3v) is 1.80. The summed E-state index contributed by atoms with van der Waals surface area (Å²) >= 11 is 0. The first-order valence-corrected chi connectivity index (χ1v) is 4.55. The van der Waals surface area contributed by atoms with E-state index in [0.29, 0.717) is 6.61 Å². The topological polar surface area (TPSA) is 65.2 Å². The van der Waals surface area contributed by atoms with Gasteiger partial charge in [0.05, 0.1) is 13.0 Å². The highest BCUT2D eigenvalue weighted by Crippen LogP contribution is 2.12. The molecule has 1 atom stereocenters. The number of pyridine rings is 1. The lowest BCUT2D eigenvalue weighted by Crippen LogP contribution is -2.17. The zero-order chi connectivity index (χ0) is 10.4. The number of esters is 1. The van der Waals surface area contributed by atoms with Crippen molar-refractivity contribution in [1.29, 1.82) is 0 Å². The van der Waals surface area contributed by atoms with Gasteiger partial charge >= 0.3 is 5.97 Å². The van der Waals surface area contributed by atoms with Crippen LogP contribution in [0.2, 0.25) is 0 Å². The van der Waals surface area contributed by atoms with E-state index in [2.05, 4.69) is 4.98 Å². The van der Waals surface area contributed by atoms with E-state index >= 15 is 0 Å². The fraction of sp³-hybridized carbons (Fsp3) is 0.400. The second kappa shape index (κ2) is 9.39. The quantitative estimate of drug-likeness (QED) is 0.846. The lowest BCUT2D eigenvalue weighted by atomic mass is 10.1. The van der Waals surface area contributed by atoms with E-state index in [1.165, 1.54) is 0 Å². The van der Waals surface area contributed by atoms with Crippen LogP contribution in [0, 0.1) is 0 Å². The molecule has 1 aromatic heterocycles. The average molecular weight is 267 g/mol. The average Bonchev–Trinajstić information content (AvgIpc) is 2.19. The minimum absolute atomic E-state index is 0. The predicted molar refractivity (Wildman–Crippen MR) is 66.9 cm³/mol. The van der Waals surface area contributed by atoms with Crippen molar-refractivity contribution < 1.29 is 9.53 Å². The normalized spacial score (nSPS) is 10.6. The number of aromatic nitrogens is 1. The summed E-state index contributed by atoms with van der Waals surface area (Å²) < 4.78 is 4.79. The Kier molecular flexibility index (Phi) is 10.3. The van der Waals surface area contributed by atoms with Crippen LogP contribution in [0.4, 0.5) is 0 Å². The molecule has 0 bridgehead atoms. The maximum absolute atomic E-state index is 11.1. The standard InChI is InChI=1S/C10H14N2O2.2ClH/c1-2-14-10(13)6-9(11)8-4-3-5-12-7-8;;/h3-5,7,9H,2,6,11H2,1H3;2*1H/t9-;;/m1../s1. The Balaban J connectivity index is 0. The number of rotatable bonds is 4. The molecule has 0 radical (unpaired) electrons. The number of nitrogens with two attached hydrogens (primary N) is 1. The molecule has 4 nitrogen and oxygen atoms in total. The maximum atomic E-state index is 11.1. The van der Waals surface area contributed by atoms with Crippen molar-refractivity contribution in [2.45, 2.75) is 19.4 Å². The minimum Gasteiger partial charge on any atom is -0.466 e. The summed E-state index contributed by atoms with van der Waals surface area (Å²) in [6.07, 6.45) is 3.52. The lowest BCUT2D eigenvalue weighted by molar-refractivity contribution is -0.143. The maximum Gasteiger partial charge on any atom is 0.307 e. The Bertz CT molecular complexity index is 296. The number of ether oxygens (including phenoxy) is 1. The van der Waals surface area contributed by atoms with E-state index in [0.717, 1.165) is 5.56 Å². The monoisotopic (exact) mass is 266 g/mol. The van der Waals surface area contributed by atoms with Crippen molar-refractivity contribution in [2.24, 2.45) is 5.73 Å². The van der Waals surface area contributed by atoms with Crippen LogP contribution in [0.3, 0.4) is 0 Å². The van der Waals surface area contributed by atoms with E-state index in [-0.39, 0.29) is 43.2 Å². The largest absolute Gasteiger partial charge is 0.466 e. The second-order valence-corrected chi connectivity index (χ2v) is 2.90. The van der Waals surface area contributed by atoms with Crippen LogP contribution in [0.5, 0.6) is 0 Å². The van der Waals surface area contributed by atoms with Crippen LogP contribution in [0.1, 0.15) is 24.9 Å². The summed E-state index contributed by atoms with van der Waals surface area (Å²) in [6, 6.07) is 3.31. The van der Waals surface area contributed by atoms with Gasteiger partial charge in [0.2, 0.25) is 0 Å². The molecule has 0 aliphatic rings. The van der Waals surface area contributed by atoms with Gasteiger partial charge in [0.25, 0.3) is 0 Å². The first-order chi connectivity index (χ1) is 6.74. The van der Waals surface area contributed by atoms with Crippen LogP contribution in [-0.2, 0) is 9.53 Å². The fourth-order valence-corrected chi connectivity index (χ4v) is 1.11. The number of nitrogens with zero attached hydrogens (tertiary/aromatic N) is 1. The van der Waals surface area contributed by atoms with Gasteiger partial charge in [0.15, 0.2) is 0 Å². The fourth-order valence-electron chi connectivity index (χ4n) is 1.11. The summed E-state index contributed by atoms with van der Waals surface area (Å²) in [5.41, 5.74) is 6.63. The van der Waals surface area contributed by atoms with Crippen molar-refractivity contribution in [3.63, 3.8) is 0 Å². The third-order valence-electron chi connectivity index (χ3n) is 1.80. The number of hydrogen-bond acceptors (Lipinski definition) is 4. The molecule has 16 heavy (non-hydrogen) atoms. The Morgan fingerprint density at radius 3 is 2.75 bits per heavy atom. The Morgan fingerprint density at radius 2 is 2.25 bits per heavy atom. The van der Waals surface area contributed by atoms with Gasteiger partial charge in [0, 0.05) is 18.4 Å². The number of hydrogen-bond donors (Lipinski definition) is 1. The highest BCUT2D eigenvalue weighted by molar-refractivity contribution is 5.85. The van der Waals surface area contributed by atoms with Crippen molar-refractivity contribution >= 4 is 30.8 Å². The number of carbonyl (C=O) groups excluding carboxylic acids is 1. The number of halogens is 2. The van der Waals surface area contributed by atoms with Crippen molar-refractivity contribution in [3.8, 4) is 0 Å². The molecule has 1 aromatic rings. The molecule has 2 N–H and O–H groups in total. The summed E-state index contributed by atoms with van der Waals surface area (Å²) in [4.78, 5) is 15.0. The lowest BCUT2D eigenvalue weighted by Gasteiger charge is -2.09. The van der Waals surface area contributed by atoms with Gasteiger partial charge in [-0.2, -0.15) is 0 Å². The molecule has 0 fully saturated rings. The van der Waals surface area contributed by atoms with E-state index in [9.17, 15) is 4.79 Å². The molecule has 0 aromatic carbocycles. The Morgan fingerprint density at radius 1 is 1.56 bits per heavy atom. The highest BCUT2D eigenvalue weighted by Gasteiger charge is 2.11. The predicted octanol–water partition coefficient (Wildman–Crippen LogP) is 1.88. The van der Waals surface area contributed by atoms with E-state index in [1.807, 2.05) is 6.07 Å². The summed E-state index contributed by atoms with van der Waals surface area (Å²) in [5.74, 6) is -0.274. The molecule has 0 saturated carbocycles. The smallest absolute Gasteiger partial charge is 0.307 e. The summed E-state index contributed by atoms with van der Waals surface area (Å²) in [6.45, 7) is 2.16. The molecular formula is C10H16Cl2N2O2. The minimum atomic E-state index is -0.331. The van der Waals surface area contributed by atoms with Gasteiger partial charge in [0.1, 0.15) is 0 Å². The van der Waals surface area contributed by atoms with E-state index in [1.54, 1.807) is 25.4 Å². The van der Waals surface area contributed by atoms with Gasteiger partial charge in [-0.05, 0) is 18.6 Å². The third kappa shape index (κ3) is 5.90. The van der Waals surface area contributed by atoms with Gasteiger partial charge in [-0.25, -0.2) is 0 Å². The first-order valence-electron chi connectivity index (χ1n) is 4.55. The molecule has 0 spiro atoms. The number of carbonyl (C=O) groups is 1. The van der Waals surface area contributed by atoms with Gasteiger partial charge in [-0.3, -0.25) is 9.78 Å². The van der Waals surface area contributed by atoms with Crippen LogP contribution >= 0.6 is 24.8 Å². The molecule has 0 saturated heterocycles. The molecule has 0 amide bonds. The molecule has 0 aliphatic heterocycles. The summed E-state index contributed by atoms with van der Waals surface area (Å²) in [5, 5.41) is 0. The van der Waals surface area contributed by atoms with E-state index < -0.39 is 0 Å². The second-order valence-electron chi connectivity index (χ2n) is 2.90. The van der Waals surface area contributed by atoms with Crippen LogP contribution in [-0.4, -0.2) is 17.6 Å². The molecule has 0 aliphatic carbocycles. The van der Waals surface area contributed by atoms with Gasteiger partial charge in [-0.1, -0.05) is 6.07 Å². The van der Waals surface area contributed by atoms with Crippen LogP contribution in [0.25, 0.3) is 0 Å². The molecule has 1 heterocycles. The van der Waals surface area contributed by atoms with Crippen LogP contribution in [0.15, 0.2) is 24.5 Å². The first kappa shape index (κ1) is 17.6. The van der Waals surface area contributed by atoms with E-state index in [4.69, 9.17) is 10.5 Å². The molecular weight excluding hydrogens is 251 g/mol. The molecule has 0 unspecified atom stereocenters. The van der Waals surface area contributed by atoms with Crippen molar-refractivity contribution in [3.05, 3.63) is 30.1 Å². The molecule has 1 rings (SSSR count). The Labute approximate surface area is 107 Å². The zero-order valence-corrected chi connectivity index (χ0v) is 10.6. The van der Waals surface area contributed by atoms with Crippen molar-refractivity contribution in [2.75, 3.05) is 6.61 Å².